The van der Waals surface area contributed by atoms with Crippen LogP contribution in [0.15, 0.2) is 77.4 Å². The molecule has 7 heteroatoms. The molecule has 0 aliphatic carbocycles. The topological polar surface area (TPSA) is 65.0 Å². The molecule has 0 saturated heterocycles. The van der Waals surface area contributed by atoms with Crippen molar-refractivity contribution in [2.75, 3.05) is 0 Å². The Balaban J connectivity index is 1.44. The summed E-state index contributed by atoms with van der Waals surface area (Å²) in [4.78, 5) is 30.1. The number of thiophene rings is 1. The van der Waals surface area contributed by atoms with Gasteiger partial charge >= 0.3 is 11.9 Å². The van der Waals surface area contributed by atoms with Gasteiger partial charge in [-0.1, -0.05) is 59.6 Å². The van der Waals surface area contributed by atoms with E-state index in [0.717, 1.165) is 21.2 Å². The molecule has 34 heavy (non-hydrogen) atoms. The van der Waals surface area contributed by atoms with Crippen LogP contribution in [0.3, 0.4) is 0 Å². The number of hydrogen-bond acceptors (Lipinski definition) is 6. The molecule has 4 aromatic rings. The van der Waals surface area contributed by atoms with Gasteiger partial charge in [0.2, 0.25) is 5.90 Å². The van der Waals surface area contributed by atoms with Crippen LogP contribution in [0.4, 0.5) is 0 Å². The summed E-state index contributed by atoms with van der Waals surface area (Å²) in [6, 6.07) is 20.3. The molecule has 0 fully saturated rings. The first-order valence-corrected chi connectivity index (χ1v) is 11.7. The van der Waals surface area contributed by atoms with Crippen LogP contribution in [0.25, 0.3) is 16.2 Å². The molecule has 0 N–H and O–H groups in total. The normalized spacial score (nSPS) is 14.4. The van der Waals surface area contributed by atoms with Crippen molar-refractivity contribution in [3.8, 4) is 5.75 Å². The lowest BCUT2D eigenvalue weighted by Crippen LogP contribution is -2.08. The minimum Gasteiger partial charge on any atom is -0.422 e. The maximum atomic E-state index is 13.0. The lowest BCUT2D eigenvalue weighted by Gasteiger charge is -2.07. The zero-order chi connectivity index (χ0) is 23.8. The van der Waals surface area contributed by atoms with Gasteiger partial charge in [0.25, 0.3) is 0 Å². The summed E-state index contributed by atoms with van der Waals surface area (Å²) in [5.41, 5.74) is 3.52. The maximum Gasteiger partial charge on any atom is 0.363 e. The Morgan fingerprint density at radius 3 is 2.56 bits per heavy atom. The van der Waals surface area contributed by atoms with E-state index in [1.807, 2.05) is 56.3 Å². The summed E-state index contributed by atoms with van der Waals surface area (Å²) in [6.07, 6.45) is 1.54. The molecule has 2 heterocycles. The van der Waals surface area contributed by atoms with Crippen molar-refractivity contribution in [2.45, 2.75) is 13.8 Å². The number of carbonyl (C=O) groups excluding carboxylic acids is 2. The molecule has 5 nitrogen and oxygen atoms in total. The van der Waals surface area contributed by atoms with E-state index in [9.17, 15) is 9.59 Å². The van der Waals surface area contributed by atoms with Gasteiger partial charge in [-0.25, -0.2) is 14.6 Å². The number of para-hydroxylation sites is 1. The van der Waals surface area contributed by atoms with Crippen LogP contribution in [0.1, 0.15) is 31.9 Å². The Morgan fingerprint density at radius 1 is 1.03 bits per heavy atom. The molecule has 0 radical (unpaired) electrons. The number of halogens is 1. The molecule has 5 rings (SSSR count). The number of nitrogens with zero attached hydrogens (tertiary/aromatic N) is 1. The molecule has 0 spiro atoms. The standard InChI is InChI=1S/C27H18ClNO4S/c1-15-7-10-17(11-8-15)25-29-20(26(30)33-25)14-18-5-3-4-6-21(18)32-27(31)24-23(28)19-12-9-16(2)13-22(19)34-24/h3-14H,1-2H3/b20-14+. The monoisotopic (exact) mass is 487 g/mol. The number of aryl methyl sites for hydroxylation is 2. The predicted molar refractivity (Wildman–Crippen MR) is 135 cm³/mol. The van der Waals surface area contributed by atoms with Crippen LogP contribution in [0.5, 0.6) is 5.75 Å². The van der Waals surface area contributed by atoms with Crippen molar-refractivity contribution in [3.05, 3.63) is 105 Å². The molecule has 168 valence electrons. The molecular weight excluding hydrogens is 470 g/mol. The third-order valence-corrected chi connectivity index (χ3v) is 6.94. The van der Waals surface area contributed by atoms with Crippen LogP contribution in [0.2, 0.25) is 5.02 Å². The average molecular weight is 488 g/mol. The quantitative estimate of drug-likeness (QED) is 0.182. The van der Waals surface area contributed by atoms with Gasteiger partial charge in [0.15, 0.2) is 5.70 Å². The first kappa shape index (κ1) is 22.1. The molecule has 0 saturated carbocycles. The highest BCUT2D eigenvalue weighted by Gasteiger charge is 2.25. The van der Waals surface area contributed by atoms with Gasteiger partial charge in [0, 0.05) is 21.2 Å². The second-order valence-electron chi connectivity index (χ2n) is 7.87. The Hall–Kier alpha value is -3.74. The first-order valence-electron chi connectivity index (χ1n) is 10.5. The van der Waals surface area contributed by atoms with Gasteiger partial charge < -0.3 is 9.47 Å². The molecule has 3 aromatic carbocycles. The van der Waals surface area contributed by atoms with E-state index >= 15 is 0 Å². The van der Waals surface area contributed by atoms with E-state index in [-0.39, 0.29) is 17.3 Å². The molecule has 1 aromatic heterocycles. The Morgan fingerprint density at radius 2 is 1.76 bits per heavy atom. The third-order valence-electron chi connectivity index (χ3n) is 5.30. The molecule has 1 aliphatic heterocycles. The molecule has 0 atom stereocenters. The van der Waals surface area contributed by atoms with Crippen molar-refractivity contribution < 1.29 is 19.1 Å². The van der Waals surface area contributed by atoms with Crippen LogP contribution >= 0.6 is 22.9 Å². The number of cyclic esters (lactones) is 1. The zero-order valence-electron chi connectivity index (χ0n) is 18.3. The predicted octanol–water partition coefficient (Wildman–Crippen LogP) is 6.74. The number of carbonyl (C=O) groups is 2. The number of hydrogen-bond donors (Lipinski definition) is 0. The van der Waals surface area contributed by atoms with E-state index in [4.69, 9.17) is 21.1 Å². The summed E-state index contributed by atoms with van der Waals surface area (Å²) < 4.78 is 11.9. The maximum absolute atomic E-state index is 13.0. The average Bonchev–Trinajstić information content (AvgIpc) is 3.35. The van der Waals surface area contributed by atoms with Crippen molar-refractivity contribution in [1.82, 2.24) is 0 Å². The Bertz CT molecular complexity index is 1520. The second kappa shape index (κ2) is 8.89. The van der Waals surface area contributed by atoms with Crippen LogP contribution in [-0.4, -0.2) is 17.8 Å². The highest BCUT2D eigenvalue weighted by molar-refractivity contribution is 7.21. The highest BCUT2D eigenvalue weighted by atomic mass is 35.5. The van der Waals surface area contributed by atoms with Gasteiger partial charge in [-0.2, -0.15) is 0 Å². The number of ether oxygens (including phenoxy) is 2. The number of benzene rings is 3. The molecular formula is C27H18ClNO4S. The number of fused-ring (bicyclic) bond motifs is 1. The summed E-state index contributed by atoms with van der Waals surface area (Å²) in [7, 11) is 0. The largest absolute Gasteiger partial charge is 0.422 e. The number of esters is 2. The fraction of sp³-hybridized carbons (Fsp3) is 0.0741. The Kier molecular flexibility index (Phi) is 5.77. The van der Waals surface area contributed by atoms with E-state index in [1.165, 1.54) is 11.3 Å². The smallest absolute Gasteiger partial charge is 0.363 e. The van der Waals surface area contributed by atoms with E-state index in [1.54, 1.807) is 30.3 Å². The lowest BCUT2D eigenvalue weighted by atomic mass is 10.1. The first-order chi connectivity index (χ1) is 16.4. The molecule has 0 amide bonds. The number of rotatable bonds is 4. The van der Waals surface area contributed by atoms with Gasteiger partial charge in [0.1, 0.15) is 10.6 Å². The highest BCUT2D eigenvalue weighted by Crippen LogP contribution is 2.37. The SMILES string of the molecule is Cc1ccc(C2=N/C(=C/c3ccccc3OC(=O)c3sc4cc(C)ccc4c3Cl)C(=O)O2)cc1. The van der Waals surface area contributed by atoms with Crippen molar-refractivity contribution >= 4 is 56.9 Å². The van der Waals surface area contributed by atoms with Gasteiger partial charge in [0.05, 0.1) is 5.02 Å². The van der Waals surface area contributed by atoms with Crippen LogP contribution in [-0.2, 0) is 9.53 Å². The minimum absolute atomic E-state index is 0.120. The zero-order valence-corrected chi connectivity index (χ0v) is 19.9. The fourth-order valence-corrected chi connectivity index (χ4v) is 5.00. The van der Waals surface area contributed by atoms with Gasteiger partial charge in [-0.15, -0.1) is 11.3 Å². The van der Waals surface area contributed by atoms with Crippen molar-refractivity contribution in [1.29, 1.82) is 0 Å². The number of aliphatic imine (C=N–C) groups is 1. The fourth-order valence-electron chi connectivity index (χ4n) is 3.52. The van der Waals surface area contributed by atoms with Crippen molar-refractivity contribution in [3.63, 3.8) is 0 Å². The summed E-state index contributed by atoms with van der Waals surface area (Å²) in [6.45, 7) is 3.96. The summed E-state index contributed by atoms with van der Waals surface area (Å²) in [5.74, 6) is -0.610. The third kappa shape index (κ3) is 4.25. The van der Waals surface area contributed by atoms with Gasteiger partial charge in [-0.05, 0) is 49.8 Å². The van der Waals surface area contributed by atoms with E-state index in [0.29, 0.717) is 21.0 Å². The van der Waals surface area contributed by atoms with Crippen LogP contribution in [0, 0.1) is 13.8 Å². The Labute approximate surface area is 204 Å². The second-order valence-corrected chi connectivity index (χ2v) is 9.30. The molecule has 0 unspecified atom stereocenters. The minimum atomic E-state index is -0.570. The van der Waals surface area contributed by atoms with Gasteiger partial charge in [-0.3, -0.25) is 0 Å². The molecule has 0 bridgehead atoms. The lowest BCUT2D eigenvalue weighted by molar-refractivity contribution is -0.129. The van der Waals surface area contributed by atoms with Crippen molar-refractivity contribution in [2.24, 2.45) is 4.99 Å². The van der Waals surface area contributed by atoms with E-state index < -0.39 is 11.9 Å². The van der Waals surface area contributed by atoms with Crippen LogP contribution < -0.4 is 4.74 Å². The summed E-state index contributed by atoms with van der Waals surface area (Å²) >= 11 is 7.76. The van der Waals surface area contributed by atoms with E-state index in [2.05, 4.69) is 4.99 Å². The molecule has 1 aliphatic rings. The summed E-state index contributed by atoms with van der Waals surface area (Å²) in [5, 5.41) is 1.18.